The van der Waals surface area contributed by atoms with Crippen LogP contribution in [0.2, 0.25) is 0 Å². The predicted molar refractivity (Wildman–Crippen MR) is 78.0 cm³/mol. The molecule has 0 saturated carbocycles. The summed E-state index contributed by atoms with van der Waals surface area (Å²) in [6.45, 7) is 5.97. The van der Waals surface area contributed by atoms with Crippen molar-refractivity contribution in [2.45, 2.75) is 25.3 Å². The van der Waals surface area contributed by atoms with Crippen LogP contribution in [0.15, 0.2) is 4.52 Å². The smallest absolute Gasteiger partial charge is 0.231 e. The van der Waals surface area contributed by atoms with Gasteiger partial charge in [-0.05, 0) is 19.4 Å². The summed E-state index contributed by atoms with van der Waals surface area (Å²) >= 11 is 0. The maximum Gasteiger partial charge on any atom is 0.231 e. The lowest BCUT2D eigenvalue weighted by atomic mass is 9.98. The number of hydrogen-bond acceptors (Lipinski definition) is 7. The molecule has 3 heterocycles. The topological polar surface area (TPSA) is 97.7 Å². The molecule has 8 heteroatoms. The average Bonchev–Trinajstić information content (AvgIpc) is 2.96. The predicted octanol–water partition coefficient (Wildman–Crippen LogP) is -0.433. The van der Waals surface area contributed by atoms with Crippen LogP contribution in [0.1, 0.15) is 30.5 Å². The minimum absolute atomic E-state index is 0.194. The fraction of sp³-hybridized carbons (Fsp3) is 0.786. The van der Waals surface area contributed by atoms with Crippen LogP contribution in [0.3, 0.4) is 0 Å². The van der Waals surface area contributed by atoms with E-state index in [0.29, 0.717) is 19.0 Å². The minimum Gasteiger partial charge on any atom is -0.379 e. The highest BCUT2D eigenvalue weighted by molar-refractivity contribution is 5.75. The maximum absolute atomic E-state index is 11.0. The number of morpholine rings is 1. The Balaban J connectivity index is 1.56. The third-order valence-corrected chi connectivity index (χ3v) is 4.19. The summed E-state index contributed by atoms with van der Waals surface area (Å²) in [5.74, 6) is 1.31. The molecule has 2 fully saturated rings. The number of nitrogens with two attached hydrogens (primary N) is 1. The number of primary amides is 1. The third kappa shape index (κ3) is 4.02. The van der Waals surface area contributed by atoms with Crippen LogP contribution in [-0.2, 0) is 16.1 Å². The van der Waals surface area contributed by atoms with E-state index in [1.165, 1.54) is 0 Å². The zero-order valence-electron chi connectivity index (χ0n) is 12.7. The number of ether oxygens (including phenoxy) is 1. The second-order valence-electron chi connectivity index (χ2n) is 5.98. The summed E-state index contributed by atoms with van der Waals surface area (Å²) in [4.78, 5) is 19.9. The molecular weight excluding hydrogens is 286 g/mol. The minimum atomic E-state index is -0.292. The lowest BCUT2D eigenvalue weighted by Crippen LogP contribution is -2.40. The van der Waals surface area contributed by atoms with Crippen LogP contribution in [-0.4, -0.2) is 71.8 Å². The van der Waals surface area contributed by atoms with E-state index in [4.69, 9.17) is 15.0 Å². The Morgan fingerprint density at radius 3 is 2.86 bits per heavy atom. The molecule has 22 heavy (non-hydrogen) atoms. The fourth-order valence-electron chi connectivity index (χ4n) is 3.08. The highest BCUT2D eigenvalue weighted by atomic mass is 16.5. The van der Waals surface area contributed by atoms with Gasteiger partial charge in [0.2, 0.25) is 11.8 Å². The van der Waals surface area contributed by atoms with Crippen molar-refractivity contribution in [2.75, 3.05) is 45.9 Å². The Morgan fingerprint density at radius 2 is 2.09 bits per heavy atom. The van der Waals surface area contributed by atoms with Crippen molar-refractivity contribution in [2.24, 2.45) is 5.73 Å². The molecular formula is C14H23N5O3. The molecule has 1 aromatic rings. The quantitative estimate of drug-likeness (QED) is 0.788. The van der Waals surface area contributed by atoms with Gasteiger partial charge < -0.3 is 15.0 Å². The average molecular weight is 309 g/mol. The molecule has 2 aliphatic rings. The lowest BCUT2D eigenvalue weighted by molar-refractivity contribution is -0.119. The van der Waals surface area contributed by atoms with Crippen molar-refractivity contribution < 1.29 is 14.1 Å². The number of aromatic nitrogens is 2. The normalized spacial score (nSPS) is 24.5. The first-order chi connectivity index (χ1) is 10.7. The molecule has 1 amide bonds. The molecule has 1 aromatic heterocycles. The van der Waals surface area contributed by atoms with Crippen molar-refractivity contribution in [3.05, 3.63) is 11.7 Å². The van der Waals surface area contributed by atoms with Crippen LogP contribution in [0.25, 0.3) is 0 Å². The van der Waals surface area contributed by atoms with E-state index < -0.39 is 0 Å². The monoisotopic (exact) mass is 309 g/mol. The summed E-state index contributed by atoms with van der Waals surface area (Å²) in [5.41, 5.74) is 5.27. The molecule has 0 unspecified atom stereocenters. The second-order valence-corrected chi connectivity index (χ2v) is 5.98. The van der Waals surface area contributed by atoms with Crippen molar-refractivity contribution in [3.8, 4) is 0 Å². The number of amides is 1. The molecule has 0 bridgehead atoms. The van der Waals surface area contributed by atoms with E-state index in [2.05, 4.69) is 19.9 Å². The van der Waals surface area contributed by atoms with Crippen molar-refractivity contribution in [1.82, 2.24) is 19.9 Å². The number of rotatable bonds is 5. The highest BCUT2D eigenvalue weighted by Gasteiger charge is 2.27. The van der Waals surface area contributed by atoms with Gasteiger partial charge >= 0.3 is 0 Å². The SMILES string of the molecule is NC(=O)CN1CCC[C@@H](c2nc(CN3CCOCC3)no2)C1. The van der Waals surface area contributed by atoms with Crippen LogP contribution < -0.4 is 5.73 Å². The molecule has 2 saturated heterocycles. The van der Waals surface area contributed by atoms with Gasteiger partial charge in [0.25, 0.3) is 0 Å². The van der Waals surface area contributed by atoms with E-state index in [-0.39, 0.29) is 11.8 Å². The summed E-state index contributed by atoms with van der Waals surface area (Å²) in [6.07, 6.45) is 2.02. The van der Waals surface area contributed by atoms with Crippen LogP contribution >= 0.6 is 0 Å². The Morgan fingerprint density at radius 1 is 1.27 bits per heavy atom. The van der Waals surface area contributed by atoms with Gasteiger partial charge in [0.15, 0.2) is 5.82 Å². The van der Waals surface area contributed by atoms with Gasteiger partial charge in [0.1, 0.15) is 0 Å². The lowest BCUT2D eigenvalue weighted by Gasteiger charge is -2.29. The molecule has 0 spiro atoms. The van der Waals surface area contributed by atoms with Gasteiger partial charge in [0.05, 0.1) is 32.2 Å². The Hall–Kier alpha value is -1.51. The molecule has 1 atom stereocenters. The van der Waals surface area contributed by atoms with E-state index >= 15 is 0 Å². The van der Waals surface area contributed by atoms with Gasteiger partial charge in [-0.2, -0.15) is 4.98 Å². The summed E-state index contributed by atoms with van der Waals surface area (Å²) < 4.78 is 10.8. The Bertz CT molecular complexity index is 500. The first-order valence-corrected chi connectivity index (χ1v) is 7.84. The molecule has 0 aliphatic carbocycles. The van der Waals surface area contributed by atoms with Crippen LogP contribution in [0.5, 0.6) is 0 Å². The number of hydrogen-bond donors (Lipinski definition) is 1. The number of piperidine rings is 1. The summed E-state index contributed by atoms with van der Waals surface area (Å²) in [6, 6.07) is 0. The number of nitrogens with zero attached hydrogens (tertiary/aromatic N) is 4. The maximum atomic E-state index is 11.0. The first-order valence-electron chi connectivity index (χ1n) is 7.84. The van der Waals surface area contributed by atoms with Crippen LogP contribution in [0, 0.1) is 0 Å². The highest BCUT2D eigenvalue weighted by Crippen LogP contribution is 2.25. The number of carbonyl (C=O) groups is 1. The van der Waals surface area contributed by atoms with Gasteiger partial charge in [-0.3, -0.25) is 14.6 Å². The standard InChI is InChI=1S/C14H23N5O3/c15-12(20)9-19-3-1-2-11(8-19)14-16-13(17-22-14)10-18-4-6-21-7-5-18/h11H,1-10H2,(H2,15,20)/t11-/m1/s1. The van der Waals surface area contributed by atoms with Crippen molar-refractivity contribution in [1.29, 1.82) is 0 Å². The molecule has 3 rings (SSSR count). The van der Waals surface area contributed by atoms with E-state index in [1.54, 1.807) is 0 Å². The molecule has 2 aliphatic heterocycles. The molecule has 0 aromatic carbocycles. The molecule has 2 N–H and O–H groups in total. The van der Waals surface area contributed by atoms with E-state index in [1.807, 2.05) is 0 Å². The van der Waals surface area contributed by atoms with Crippen molar-refractivity contribution >= 4 is 5.91 Å². The Labute approximate surface area is 129 Å². The Kier molecular flexibility index (Phi) is 5.01. The second kappa shape index (κ2) is 7.17. The van der Waals surface area contributed by atoms with Gasteiger partial charge in [0, 0.05) is 19.6 Å². The zero-order chi connectivity index (χ0) is 15.4. The van der Waals surface area contributed by atoms with E-state index in [9.17, 15) is 4.79 Å². The number of likely N-dealkylation sites (tertiary alicyclic amines) is 1. The molecule has 122 valence electrons. The van der Waals surface area contributed by atoms with Gasteiger partial charge in [-0.1, -0.05) is 5.16 Å². The number of carbonyl (C=O) groups excluding carboxylic acids is 1. The molecule has 8 nitrogen and oxygen atoms in total. The largest absolute Gasteiger partial charge is 0.379 e. The summed E-state index contributed by atoms with van der Waals surface area (Å²) in [7, 11) is 0. The fourth-order valence-corrected chi connectivity index (χ4v) is 3.08. The summed E-state index contributed by atoms with van der Waals surface area (Å²) in [5, 5.41) is 4.09. The van der Waals surface area contributed by atoms with Crippen LogP contribution in [0.4, 0.5) is 0 Å². The van der Waals surface area contributed by atoms with Gasteiger partial charge in [-0.15, -0.1) is 0 Å². The first kappa shape index (κ1) is 15.4. The van der Waals surface area contributed by atoms with Crippen molar-refractivity contribution in [3.63, 3.8) is 0 Å². The molecule has 0 radical (unpaired) electrons. The van der Waals surface area contributed by atoms with E-state index in [0.717, 1.165) is 58.1 Å². The van der Waals surface area contributed by atoms with Gasteiger partial charge in [-0.25, -0.2) is 0 Å². The zero-order valence-corrected chi connectivity index (χ0v) is 12.7. The third-order valence-electron chi connectivity index (χ3n) is 4.19.